The van der Waals surface area contributed by atoms with E-state index in [4.69, 9.17) is 4.74 Å². The number of methoxy groups -OCH3 is 1. The van der Waals surface area contributed by atoms with E-state index >= 15 is 0 Å². The first kappa shape index (κ1) is 20.6. The molecule has 3 aromatic rings. The summed E-state index contributed by atoms with van der Waals surface area (Å²) in [7, 11) is 1.60. The second-order valence-corrected chi connectivity index (χ2v) is 6.92. The lowest BCUT2D eigenvalue weighted by atomic mass is 10.1. The second-order valence-electron chi connectivity index (χ2n) is 6.92. The molecule has 29 heavy (non-hydrogen) atoms. The molecule has 1 amide bonds. The van der Waals surface area contributed by atoms with E-state index in [2.05, 4.69) is 0 Å². The normalized spacial score (nSPS) is 11.8. The molecule has 1 atom stereocenters. The molecule has 0 aliphatic heterocycles. The summed E-state index contributed by atoms with van der Waals surface area (Å²) in [5, 5.41) is 0. The Morgan fingerprint density at radius 3 is 2.31 bits per heavy atom. The van der Waals surface area contributed by atoms with Crippen LogP contribution in [0.2, 0.25) is 0 Å². The number of pyridine rings is 1. The number of carbonyl (C=O) groups excluding carboxylic acids is 1. The highest BCUT2D eigenvalue weighted by Gasteiger charge is 2.25. The molecule has 0 fully saturated rings. The molecular weight excluding hydrogens is 364 g/mol. The molecule has 0 saturated carbocycles. The van der Waals surface area contributed by atoms with Crippen LogP contribution in [0, 0.1) is 0 Å². The number of hydrogen-bond donors (Lipinski definition) is 0. The van der Waals surface area contributed by atoms with E-state index in [0.717, 1.165) is 11.1 Å². The van der Waals surface area contributed by atoms with Crippen LogP contribution < -0.4 is 5.56 Å². The minimum absolute atomic E-state index is 0.169. The van der Waals surface area contributed by atoms with Gasteiger partial charge >= 0.3 is 0 Å². The van der Waals surface area contributed by atoms with E-state index in [9.17, 15) is 9.59 Å². The summed E-state index contributed by atoms with van der Waals surface area (Å²) in [5.41, 5.74) is 1.90. The van der Waals surface area contributed by atoms with Gasteiger partial charge in [0.25, 0.3) is 11.5 Å². The third-order valence-electron chi connectivity index (χ3n) is 4.99. The number of rotatable bonds is 8. The van der Waals surface area contributed by atoms with E-state index in [-0.39, 0.29) is 23.1 Å². The van der Waals surface area contributed by atoms with Gasteiger partial charge in [-0.15, -0.1) is 0 Å². The summed E-state index contributed by atoms with van der Waals surface area (Å²) < 4.78 is 6.77. The van der Waals surface area contributed by atoms with Gasteiger partial charge in [-0.2, -0.15) is 0 Å². The minimum atomic E-state index is -0.288. The van der Waals surface area contributed by atoms with Gasteiger partial charge < -0.3 is 14.2 Å². The van der Waals surface area contributed by atoms with Crippen molar-refractivity contribution in [3.05, 3.63) is 106 Å². The van der Waals surface area contributed by atoms with Crippen molar-refractivity contribution in [2.45, 2.75) is 19.5 Å². The van der Waals surface area contributed by atoms with Gasteiger partial charge in [0.2, 0.25) is 0 Å². The van der Waals surface area contributed by atoms with E-state index in [1.807, 2.05) is 67.6 Å². The topological polar surface area (TPSA) is 51.5 Å². The lowest BCUT2D eigenvalue weighted by Crippen LogP contribution is -2.40. The van der Waals surface area contributed by atoms with Gasteiger partial charge in [0.15, 0.2) is 0 Å². The Balaban J connectivity index is 1.91. The van der Waals surface area contributed by atoms with Crippen LogP contribution in [0.3, 0.4) is 0 Å². The number of amides is 1. The molecule has 0 aliphatic rings. The zero-order valence-electron chi connectivity index (χ0n) is 16.8. The fourth-order valence-corrected chi connectivity index (χ4v) is 3.33. The van der Waals surface area contributed by atoms with Gasteiger partial charge in [0, 0.05) is 19.9 Å². The fourth-order valence-electron chi connectivity index (χ4n) is 3.33. The highest BCUT2D eigenvalue weighted by atomic mass is 16.5. The molecule has 2 aromatic carbocycles. The molecule has 3 rings (SSSR count). The lowest BCUT2D eigenvalue weighted by molar-refractivity contribution is 0.0614. The molecule has 1 aromatic heterocycles. The van der Waals surface area contributed by atoms with Gasteiger partial charge in [-0.1, -0.05) is 60.7 Å². The Morgan fingerprint density at radius 2 is 1.66 bits per heavy atom. The first-order valence-corrected chi connectivity index (χ1v) is 9.70. The number of aromatic nitrogens is 1. The lowest BCUT2D eigenvalue weighted by Gasteiger charge is -2.29. The smallest absolute Gasteiger partial charge is 0.263 e. The van der Waals surface area contributed by atoms with E-state index in [1.54, 1.807) is 34.9 Å². The van der Waals surface area contributed by atoms with Crippen molar-refractivity contribution in [3.63, 3.8) is 0 Å². The van der Waals surface area contributed by atoms with Crippen LogP contribution in [-0.2, 0) is 11.3 Å². The van der Waals surface area contributed by atoms with Crippen molar-refractivity contribution in [2.75, 3.05) is 20.3 Å². The molecule has 0 spiro atoms. The van der Waals surface area contributed by atoms with Crippen LogP contribution in [0.25, 0.3) is 0 Å². The monoisotopic (exact) mass is 390 g/mol. The average molecular weight is 390 g/mol. The van der Waals surface area contributed by atoms with Crippen LogP contribution in [-0.4, -0.2) is 35.6 Å². The van der Waals surface area contributed by atoms with Crippen LogP contribution in [0.5, 0.6) is 0 Å². The molecule has 5 heteroatoms. The highest BCUT2D eigenvalue weighted by Crippen LogP contribution is 2.21. The van der Waals surface area contributed by atoms with Gasteiger partial charge in [-0.05, 0) is 30.2 Å². The Bertz CT molecular complexity index is 984. The number of hydrogen-bond acceptors (Lipinski definition) is 3. The number of ether oxygens (including phenoxy) is 1. The summed E-state index contributed by atoms with van der Waals surface area (Å²) >= 11 is 0. The summed E-state index contributed by atoms with van der Waals surface area (Å²) in [4.78, 5) is 28.1. The zero-order valence-corrected chi connectivity index (χ0v) is 16.8. The SMILES string of the molecule is COCCN(C(=O)c1cccn(Cc2ccccc2)c1=O)[C@H](C)c1ccccc1. The second kappa shape index (κ2) is 9.85. The van der Waals surface area contributed by atoms with Gasteiger partial charge in [0.05, 0.1) is 19.2 Å². The van der Waals surface area contributed by atoms with Gasteiger partial charge in [0.1, 0.15) is 5.56 Å². The molecule has 0 unspecified atom stereocenters. The van der Waals surface area contributed by atoms with Crippen molar-refractivity contribution in [1.29, 1.82) is 0 Å². The van der Waals surface area contributed by atoms with Gasteiger partial charge in [-0.25, -0.2) is 0 Å². The fraction of sp³-hybridized carbons (Fsp3) is 0.250. The van der Waals surface area contributed by atoms with Crippen LogP contribution in [0.4, 0.5) is 0 Å². The Hall–Kier alpha value is -3.18. The van der Waals surface area contributed by atoms with Crippen LogP contribution >= 0.6 is 0 Å². The Kier molecular flexibility index (Phi) is 6.98. The summed E-state index contributed by atoms with van der Waals surface area (Å²) in [6.45, 7) is 3.19. The highest BCUT2D eigenvalue weighted by molar-refractivity contribution is 5.94. The third kappa shape index (κ3) is 5.00. The molecule has 0 saturated heterocycles. The molecule has 150 valence electrons. The van der Waals surface area contributed by atoms with Crippen molar-refractivity contribution in [1.82, 2.24) is 9.47 Å². The largest absolute Gasteiger partial charge is 0.383 e. The Labute approximate surface area is 171 Å². The summed E-state index contributed by atoms with van der Waals surface area (Å²) in [6, 6.07) is 22.7. The van der Waals surface area contributed by atoms with E-state index in [1.165, 1.54) is 0 Å². The quantitative estimate of drug-likeness (QED) is 0.589. The number of benzene rings is 2. The summed E-state index contributed by atoms with van der Waals surface area (Å²) in [5.74, 6) is -0.286. The first-order valence-electron chi connectivity index (χ1n) is 9.70. The van der Waals surface area contributed by atoms with Crippen LogP contribution in [0.1, 0.15) is 34.5 Å². The maximum Gasteiger partial charge on any atom is 0.263 e. The molecule has 0 bridgehead atoms. The zero-order chi connectivity index (χ0) is 20.6. The van der Waals surface area contributed by atoms with Gasteiger partial charge in [-0.3, -0.25) is 9.59 Å². The number of carbonyl (C=O) groups is 1. The maximum atomic E-state index is 13.3. The van der Waals surface area contributed by atoms with Crippen molar-refractivity contribution < 1.29 is 9.53 Å². The Morgan fingerprint density at radius 1 is 1.00 bits per heavy atom. The predicted octanol–water partition coefficient (Wildman–Crippen LogP) is 3.75. The molecule has 0 radical (unpaired) electrons. The standard InChI is InChI=1S/C24H26N2O3/c1-19(21-12-7-4-8-13-21)26(16-17-29-2)24(28)22-14-9-15-25(23(22)27)18-20-10-5-3-6-11-20/h3-15,19H,16-18H2,1-2H3/t19-/m1/s1. The van der Waals surface area contributed by atoms with Crippen molar-refractivity contribution in [2.24, 2.45) is 0 Å². The molecule has 0 aliphatic carbocycles. The number of nitrogens with zero attached hydrogens (tertiary/aromatic N) is 2. The van der Waals surface area contributed by atoms with E-state index in [0.29, 0.717) is 19.7 Å². The minimum Gasteiger partial charge on any atom is -0.383 e. The maximum absolute atomic E-state index is 13.3. The van der Waals surface area contributed by atoms with Crippen molar-refractivity contribution >= 4 is 5.91 Å². The average Bonchev–Trinajstić information content (AvgIpc) is 2.76. The van der Waals surface area contributed by atoms with Crippen molar-refractivity contribution in [3.8, 4) is 0 Å². The van der Waals surface area contributed by atoms with E-state index < -0.39 is 0 Å². The first-order chi connectivity index (χ1) is 14.1. The molecule has 5 nitrogen and oxygen atoms in total. The van der Waals surface area contributed by atoms with Crippen LogP contribution in [0.15, 0.2) is 83.8 Å². The predicted molar refractivity (Wildman–Crippen MR) is 114 cm³/mol. The molecule has 1 heterocycles. The molecule has 0 N–H and O–H groups in total. The third-order valence-corrected chi connectivity index (χ3v) is 4.99. The summed E-state index contributed by atoms with van der Waals surface area (Å²) in [6.07, 6.45) is 1.71. The molecular formula is C24H26N2O3.